The zero-order chi connectivity index (χ0) is 55.3. The molecule has 0 heterocycles. The van der Waals surface area contributed by atoms with Crippen LogP contribution in [0.2, 0.25) is 0 Å². The van der Waals surface area contributed by atoms with Crippen LogP contribution in [-0.4, -0.2) is 37.2 Å². The van der Waals surface area contributed by atoms with Crippen LogP contribution in [0.1, 0.15) is 401 Å². The molecule has 6 nitrogen and oxygen atoms in total. The van der Waals surface area contributed by atoms with Gasteiger partial charge in [-0.05, 0) is 31.1 Å². The van der Waals surface area contributed by atoms with E-state index < -0.39 is 6.10 Å². The molecule has 6 heteroatoms. The van der Waals surface area contributed by atoms with Crippen molar-refractivity contribution in [3.05, 3.63) is 0 Å². The minimum Gasteiger partial charge on any atom is -0.462 e. The molecule has 0 N–H and O–H groups in total. The number of rotatable bonds is 64. The van der Waals surface area contributed by atoms with Gasteiger partial charge in [-0.2, -0.15) is 0 Å². The van der Waals surface area contributed by atoms with Gasteiger partial charge in [0.05, 0.1) is 0 Å². The molecule has 2 atom stereocenters. The minimum atomic E-state index is -0.765. The molecule has 0 radical (unpaired) electrons. The first-order chi connectivity index (χ1) is 37.3. The zero-order valence-electron chi connectivity index (χ0n) is 52.4. The van der Waals surface area contributed by atoms with E-state index in [0.29, 0.717) is 19.3 Å². The summed E-state index contributed by atoms with van der Waals surface area (Å²) in [4.78, 5) is 38.4. The van der Waals surface area contributed by atoms with E-state index in [0.717, 1.165) is 69.6 Å². The predicted molar refractivity (Wildman–Crippen MR) is 330 cm³/mol. The Morgan fingerprint density at radius 2 is 0.500 bits per heavy atom. The molecule has 0 aliphatic carbocycles. The molecular formula is C70H136O6. The first-order valence-corrected chi connectivity index (χ1v) is 34.8. The largest absolute Gasteiger partial charge is 0.462 e. The molecule has 0 aromatic carbocycles. The monoisotopic (exact) mass is 1070 g/mol. The second-order valence-electron chi connectivity index (χ2n) is 24.9. The van der Waals surface area contributed by atoms with Crippen LogP contribution in [0.15, 0.2) is 0 Å². The van der Waals surface area contributed by atoms with Crippen LogP contribution < -0.4 is 0 Å². The highest BCUT2D eigenvalue weighted by atomic mass is 16.6. The SMILES string of the molecule is CCCCCCCCCCCCCCCCCCCCCC(=O)OC[C@@H](COC(=O)CCCCCCCCCCCCCCCCCCCCC(C)CC)OC(=O)CCCCCCCCCCCCCCCCC(C)C. The molecule has 0 aliphatic heterocycles. The van der Waals surface area contributed by atoms with Gasteiger partial charge < -0.3 is 14.2 Å². The van der Waals surface area contributed by atoms with Crippen LogP contribution in [0.5, 0.6) is 0 Å². The molecule has 0 rings (SSSR count). The molecule has 76 heavy (non-hydrogen) atoms. The van der Waals surface area contributed by atoms with Gasteiger partial charge >= 0.3 is 17.9 Å². The molecular weight excluding hydrogens is 937 g/mol. The Morgan fingerprint density at radius 1 is 0.276 bits per heavy atom. The van der Waals surface area contributed by atoms with Crippen molar-refractivity contribution in [1.82, 2.24) is 0 Å². The third-order valence-corrected chi connectivity index (χ3v) is 16.6. The smallest absolute Gasteiger partial charge is 0.306 e. The topological polar surface area (TPSA) is 78.9 Å². The highest BCUT2D eigenvalue weighted by Gasteiger charge is 2.20. The second kappa shape index (κ2) is 62.6. The van der Waals surface area contributed by atoms with Crippen LogP contribution in [-0.2, 0) is 28.6 Å². The van der Waals surface area contributed by atoms with E-state index in [1.54, 1.807) is 0 Å². The zero-order valence-corrected chi connectivity index (χ0v) is 52.4. The highest BCUT2D eigenvalue weighted by molar-refractivity contribution is 5.71. The van der Waals surface area contributed by atoms with E-state index in [1.165, 1.54) is 289 Å². The molecule has 452 valence electrons. The number of hydrogen-bond donors (Lipinski definition) is 0. The maximum Gasteiger partial charge on any atom is 0.306 e. The molecule has 1 unspecified atom stereocenters. The Bertz CT molecular complexity index is 1170. The molecule has 0 saturated heterocycles. The summed E-state index contributed by atoms with van der Waals surface area (Å²) in [5.74, 6) is 0.928. The van der Waals surface area contributed by atoms with E-state index in [9.17, 15) is 14.4 Å². The van der Waals surface area contributed by atoms with Gasteiger partial charge in [0.2, 0.25) is 0 Å². The molecule has 0 aromatic rings. The van der Waals surface area contributed by atoms with Gasteiger partial charge in [-0.15, -0.1) is 0 Å². The van der Waals surface area contributed by atoms with Gasteiger partial charge in [-0.25, -0.2) is 0 Å². The van der Waals surface area contributed by atoms with E-state index in [2.05, 4.69) is 34.6 Å². The van der Waals surface area contributed by atoms with Crippen molar-refractivity contribution in [2.24, 2.45) is 11.8 Å². The third-order valence-electron chi connectivity index (χ3n) is 16.6. The Balaban J connectivity index is 4.26. The lowest BCUT2D eigenvalue weighted by atomic mass is 9.99. The van der Waals surface area contributed by atoms with Crippen LogP contribution in [0.4, 0.5) is 0 Å². The molecule has 0 bridgehead atoms. The molecule has 0 saturated carbocycles. The molecule has 0 spiro atoms. The first-order valence-electron chi connectivity index (χ1n) is 34.8. The summed E-state index contributed by atoms with van der Waals surface area (Å²) < 4.78 is 17.0. The summed E-state index contributed by atoms with van der Waals surface area (Å²) in [5, 5.41) is 0. The number of carbonyl (C=O) groups is 3. The number of carbonyl (C=O) groups excluding carboxylic acids is 3. The minimum absolute atomic E-state index is 0.0613. The summed E-state index contributed by atoms with van der Waals surface area (Å²) in [6.07, 6.45) is 71.1. The average molecular weight is 1070 g/mol. The van der Waals surface area contributed by atoms with E-state index in [1.807, 2.05) is 0 Å². The van der Waals surface area contributed by atoms with Gasteiger partial charge in [0.15, 0.2) is 6.10 Å². The van der Waals surface area contributed by atoms with E-state index in [4.69, 9.17) is 14.2 Å². The Kier molecular flexibility index (Phi) is 61.3. The standard InChI is InChI=1S/C70H136O6/c1-6-8-9-10-11-12-13-14-15-16-17-21-24-30-35-40-45-50-55-60-68(71)74-63-67(76-70(73)62-57-52-47-42-37-32-27-26-28-33-38-43-48-53-58-65(3)4)64-75-69(72)61-56-51-46-41-36-31-25-22-19-18-20-23-29-34-39-44-49-54-59-66(5)7-2/h65-67H,6-64H2,1-5H3/t66?,67-/m0/s1. The van der Waals surface area contributed by atoms with Gasteiger partial charge in [-0.1, -0.05) is 362 Å². The normalized spacial score (nSPS) is 12.4. The van der Waals surface area contributed by atoms with Crippen molar-refractivity contribution in [3.8, 4) is 0 Å². The van der Waals surface area contributed by atoms with Crippen molar-refractivity contribution in [3.63, 3.8) is 0 Å². The van der Waals surface area contributed by atoms with Crippen molar-refractivity contribution >= 4 is 17.9 Å². The van der Waals surface area contributed by atoms with Crippen molar-refractivity contribution in [2.45, 2.75) is 407 Å². The van der Waals surface area contributed by atoms with Crippen molar-refractivity contribution in [2.75, 3.05) is 13.2 Å². The maximum absolute atomic E-state index is 12.9. The van der Waals surface area contributed by atoms with Gasteiger partial charge in [0.1, 0.15) is 13.2 Å². The fourth-order valence-electron chi connectivity index (χ4n) is 11.0. The average Bonchev–Trinajstić information content (AvgIpc) is 3.41. The predicted octanol–water partition coefficient (Wildman–Crippen LogP) is 23.6. The number of ether oxygens (including phenoxy) is 3. The Labute approximate surface area is 476 Å². The highest BCUT2D eigenvalue weighted by Crippen LogP contribution is 2.20. The lowest BCUT2D eigenvalue weighted by Crippen LogP contribution is -2.30. The van der Waals surface area contributed by atoms with Gasteiger partial charge in [0.25, 0.3) is 0 Å². The van der Waals surface area contributed by atoms with Crippen LogP contribution in [0, 0.1) is 11.8 Å². The van der Waals surface area contributed by atoms with E-state index in [-0.39, 0.29) is 31.1 Å². The van der Waals surface area contributed by atoms with E-state index >= 15 is 0 Å². The molecule has 0 amide bonds. The van der Waals surface area contributed by atoms with Crippen LogP contribution in [0.25, 0.3) is 0 Å². The molecule has 0 fully saturated rings. The van der Waals surface area contributed by atoms with Crippen molar-refractivity contribution < 1.29 is 28.6 Å². The van der Waals surface area contributed by atoms with Crippen LogP contribution in [0.3, 0.4) is 0 Å². The molecule has 0 aliphatic rings. The first kappa shape index (κ1) is 74.4. The summed E-state index contributed by atoms with van der Waals surface area (Å²) in [6, 6.07) is 0. The summed E-state index contributed by atoms with van der Waals surface area (Å²) >= 11 is 0. The van der Waals surface area contributed by atoms with Gasteiger partial charge in [0, 0.05) is 19.3 Å². The van der Waals surface area contributed by atoms with Crippen LogP contribution >= 0.6 is 0 Å². The summed E-state index contributed by atoms with van der Waals surface area (Å²) in [6.45, 7) is 11.5. The lowest BCUT2D eigenvalue weighted by Gasteiger charge is -2.18. The molecule has 0 aromatic heterocycles. The fourth-order valence-corrected chi connectivity index (χ4v) is 11.0. The summed E-state index contributed by atoms with van der Waals surface area (Å²) in [5.41, 5.74) is 0. The fraction of sp³-hybridized carbons (Fsp3) is 0.957. The number of hydrogen-bond acceptors (Lipinski definition) is 6. The Hall–Kier alpha value is -1.59. The third kappa shape index (κ3) is 61.6. The Morgan fingerprint density at radius 3 is 0.750 bits per heavy atom. The van der Waals surface area contributed by atoms with Gasteiger partial charge in [-0.3, -0.25) is 14.4 Å². The number of esters is 3. The second-order valence-corrected chi connectivity index (χ2v) is 24.9. The quantitative estimate of drug-likeness (QED) is 0.0343. The lowest BCUT2D eigenvalue weighted by molar-refractivity contribution is -0.167. The van der Waals surface area contributed by atoms with Crippen molar-refractivity contribution in [1.29, 1.82) is 0 Å². The number of unbranched alkanes of at least 4 members (excludes halogenated alkanes) is 48. The summed E-state index contributed by atoms with van der Waals surface area (Å²) in [7, 11) is 0. The maximum atomic E-state index is 12.9.